The number of aryl methyl sites for hydroxylation is 1. The lowest BCUT2D eigenvalue weighted by Gasteiger charge is -2.19. The van der Waals surface area contributed by atoms with Crippen LogP contribution in [-0.4, -0.2) is 26.1 Å². The van der Waals surface area contributed by atoms with Crippen LogP contribution in [0.1, 0.15) is 22.0 Å². The third-order valence-electron chi connectivity index (χ3n) is 4.39. The number of hydrogen-bond donors (Lipinski definition) is 3. The summed E-state index contributed by atoms with van der Waals surface area (Å²) in [5.74, 6) is 0.740. The van der Waals surface area contributed by atoms with E-state index in [0.717, 1.165) is 17.7 Å². The van der Waals surface area contributed by atoms with Gasteiger partial charge in [-0.15, -0.1) is 11.3 Å². The Kier molecular flexibility index (Phi) is 5.50. The maximum atomic E-state index is 12.6. The van der Waals surface area contributed by atoms with Crippen LogP contribution in [0.2, 0.25) is 0 Å². The molecular weight excluding hydrogens is 322 g/mol. The Balaban J connectivity index is 1.60. The Bertz CT molecular complexity index is 701. The number of benzene rings is 1. The zero-order valence-corrected chi connectivity index (χ0v) is 14.8. The number of thiophene rings is 1. The van der Waals surface area contributed by atoms with Gasteiger partial charge in [0.05, 0.1) is 19.1 Å². The number of rotatable bonds is 6. The van der Waals surface area contributed by atoms with E-state index in [-0.39, 0.29) is 17.9 Å². The fraction of sp³-hybridized carbons (Fsp3) is 0.389. The highest BCUT2D eigenvalue weighted by molar-refractivity contribution is 7.10. The lowest BCUT2D eigenvalue weighted by Crippen LogP contribution is -2.36. The van der Waals surface area contributed by atoms with Gasteiger partial charge in [-0.1, -0.05) is 12.1 Å². The largest absolute Gasteiger partial charge is 0.497 e. The van der Waals surface area contributed by atoms with E-state index in [1.807, 2.05) is 24.3 Å². The van der Waals surface area contributed by atoms with Crippen LogP contribution in [0.15, 0.2) is 35.7 Å². The Hall–Kier alpha value is -1.89. The maximum absolute atomic E-state index is 12.6. The Morgan fingerprint density at radius 3 is 3.04 bits per heavy atom. The highest BCUT2D eigenvalue weighted by atomic mass is 32.1. The summed E-state index contributed by atoms with van der Waals surface area (Å²) < 4.78 is 5.28. The molecule has 6 heteroatoms. The topological polar surface area (TPSA) is 62.4 Å². The first kappa shape index (κ1) is 17.0. The van der Waals surface area contributed by atoms with Crippen molar-refractivity contribution < 1.29 is 9.53 Å². The highest BCUT2D eigenvalue weighted by Gasteiger charge is 2.33. The zero-order chi connectivity index (χ0) is 16.9. The molecule has 128 valence electrons. The second-order valence-electron chi connectivity index (χ2n) is 5.95. The van der Waals surface area contributed by atoms with E-state index in [2.05, 4.69) is 34.5 Å². The molecule has 0 saturated carbocycles. The fourth-order valence-corrected chi connectivity index (χ4v) is 3.89. The van der Waals surface area contributed by atoms with E-state index in [1.165, 1.54) is 10.4 Å². The zero-order valence-electron chi connectivity index (χ0n) is 14.0. The van der Waals surface area contributed by atoms with Crippen LogP contribution in [0.4, 0.5) is 0 Å². The minimum Gasteiger partial charge on any atom is -0.497 e. The van der Waals surface area contributed by atoms with Crippen molar-refractivity contribution in [1.82, 2.24) is 16.2 Å². The van der Waals surface area contributed by atoms with Crippen molar-refractivity contribution in [3.8, 4) is 5.75 Å². The molecule has 1 aliphatic rings. The average Bonchev–Trinajstić information content (AvgIpc) is 3.24. The molecule has 0 radical (unpaired) electrons. The van der Waals surface area contributed by atoms with E-state index in [9.17, 15) is 4.79 Å². The summed E-state index contributed by atoms with van der Waals surface area (Å²) in [5.41, 5.74) is 8.66. The van der Waals surface area contributed by atoms with Crippen LogP contribution in [0.5, 0.6) is 5.75 Å². The number of hydrogen-bond acceptors (Lipinski definition) is 5. The van der Waals surface area contributed by atoms with Crippen LogP contribution in [0, 0.1) is 12.8 Å². The lowest BCUT2D eigenvalue weighted by atomic mass is 9.94. The quantitative estimate of drug-likeness (QED) is 0.751. The van der Waals surface area contributed by atoms with Crippen molar-refractivity contribution in [3.63, 3.8) is 0 Å². The molecule has 2 unspecified atom stereocenters. The van der Waals surface area contributed by atoms with Crippen molar-refractivity contribution in [2.75, 3.05) is 20.2 Å². The van der Waals surface area contributed by atoms with Gasteiger partial charge in [0.15, 0.2) is 0 Å². The molecular formula is C18H23N3O2S. The van der Waals surface area contributed by atoms with E-state index in [1.54, 1.807) is 18.4 Å². The van der Waals surface area contributed by atoms with Gasteiger partial charge >= 0.3 is 0 Å². The number of amides is 1. The molecule has 1 aliphatic heterocycles. The second-order valence-corrected chi connectivity index (χ2v) is 6.95. The van der Waals surface area contributed by atoms with E-state index < -0.39 is 0 Å². The predicted octanol–water partition coefficient (Wildman–Crippen LogP) is 2.19. The molecule has 1 saturated heterocycles. The van der Waals surface area contributed by atoms with Crippen LogP contribution in [-0.2, 0) is 11.2 Å². The van der Waals surface area contributed by atoms with Crippen molar-refractivity contribution in [1.29, 1.82) is 0 Å². The van der Waals surface area contributed by atoms with Gasteiger partial charge in [-0.2, -0.15) is 0 Å². The molecule has 0 spiro atoms. The van der Waals surface area contributed by atoms with Crippen LogP contribution in [0.3, 0.4) is 0 Å². The van der Waals surface area contributed by atoms with Gasteiger partial charge in [-0.05, 0) is 48.1 Å². The molecule has 2 atom stereocenters. The van der Waals surface area contributed by atoms with Gasteiger partial charge in [-0.25, -0.2) is 5.43 Å². The van der Waals surface area contributed by atoms with E-state index >= 15 is 0 Å². The number of hydrazine groups is 1. The number of nitrogens with one attached hydrogen (secondary N) is 3. The number of methoxy groups -OCH3 is 1. The number of carbonyl (C=O) groups is 1. The summed E-state index contributed by atoms with van der Waals surface area (Å²) in [4.78, 5) is 13.9. The summed E-state index contributed by atoms with van der Waals surface area (Å²) >= 11 is 1.75. The first-order valence-electron chi connectivity index (χ1n) is 8.12. The van der Waals surface area contributed by atoms with Gasteiger partial charge in [0.1, 0.15) is 5.75 Å². The molecule has 2 aromatic rings. The molecule has 24 heavy (non-hydrogen) atoms. The minimum absolute atomic E-state index is 0.0522. The summed E-state index contributed by atoms with van der Waals surface area (Å²) in [6.45, 7) is 3.39. The lowest BCUT2D eigenvalue weighted by molar-refractivity contribution is -0.124. The molecule has 0 bridgehead atoms. The second kappa shape index (κ2) is 7.79. The first-order chi connectivity index (χ1) is 11.7. The third kappa shape index (κ3) is 3.77. The predicted molar refractivity (Wildman–Crippen MR) is 96.1 cm³/mol. The molecule has 3 N–H and O–H groups in total. The fourth-order valence-electron chi connectivity index (χ4n) is 2.98. The van der Waals surface area contributed by atoms with Crippen LogP contribution < -0.4 is 20.9 Å². The van der Waals surface area contributed by atoms with Crippen molar-refractivity contribution >= 4 is 17.2 Å². The van der Waals surface area contributed by atoms with Crippen molar-refractivity contribution in [3.05, 3.63) is 51.7 Å². The van der Waals surface area contributed by atoms with Crippen LogP contribution >= 0.6 is 11.3 Å². The Morgan fingerprint density at radius 1 is 1.42 bits per heavy atom. The SMILES string of the molecule is COc1cccc(C2NNCC2C(=O)NCCc2sccc2C)c1. The summed E-state index contributed by atoms with van der Waals surface area (Å²) in [6, 6.07) is 9.91. The summed E-state index contributed by atoms with van der Waals surface area (Å²) in [5, 5.41) is 5.17. The average molecular weight is 345 g/mol. The minimum atomic E-state index is -0.137. The normalized spacial score (nSPS) is 20.1. The van der Waals surface area contributed by atoms with E-state index in [4.69, 9.17) is 4.74 Å². The van der Waals surface area contributed by atoms with Crippen molar-refractivity contribution in [2.45, 2.75) is 19.4 Å². The summed E-state index contributed by atoms with van der Waals surface area (Å²) in [6.07, 6.45) is 0.882. The molecule has 2 heterocycles. The van der Waals surface area contributed by atoms with Crippen LogP contribution in [0.25, 0.3) is 0 Å². The van der Waals surface area contributed by atoms with Gasteiger partial charge in [-0.3, -0.25) is 10.2 Å². The highest BCUT2D eigenvalue weighted by Crippen LogP contribution is 2.27. The Morgan fingerprint density at radius 2 is 2.29 bits per heavy atom. The van der Waals surface area contributed by atoms with Gasteiger partial charge < -0.3 is 10.1 Å². The molecule has 1 fully saturated rings. The third-order valence-corrected chi connectivity index (χ3v) is 5.47. The molecule has 1 aromatic carbocycles. The summed E-state index contributed by atoms with van der Waals surface area (Å²) in [7, 11) is 1.65. The van der Waals surface area contributed by atoms with Crippen molar-refractivity contribution in [2.24, 2.45) is 5.92 Å². The monoisotopic (exact) mass is 345 g/mol. The van der Waals surface area contributed by atoms with Gasteiger partial charge in [0.2, 0.25) is 5.91 Å². The number of ether oxygens (including phenoxy) is 1. The molecule has 5 nitrogen and oxygen atoms in total. The maximum Gasteiger partial charge on any atom is 0.226 e. The molecule has 3 rings (SSSR count). The smallest absolute Gasteiger partial charge is 0.226 e. The number of carbonyl (C=O) groups excluding carboxylic acids is 1. The molecule has 1 amide bonds. The molecule has 0 aliphatic carbocycles. The standard InChI is InChI=1S/C18H23N3O2S/c1-12-7-9-24-16(12)6-8-19-18(22)15-11-20-21-17(15)13-4-3-5-14(10-13)23-2/h3-5,7,9-10,15,17,20-21H,6,8,11H2,1-2H3,(H,19,22). The van der Waals surface area contributed by atoms with Gasteiger partial charge in [0, 0.05) is 18.0 Å². The van der Waals surface area contributed by atoms with Gasteiger partial charge in [0.25, 0.3) is 0 Å². The first-order valence-corrected chi connectivity index (χ1v) is 9.00. The Labute approximate surface area is 146 Å². The molecule has 1 aromatic heterocycles. The van der Waals surface area contributed by atoms with E-state index in [0.29, 0.717) is 13.1 Å².